The lowest BCUT2D eigenvalue weighted by Crippen LogP contribution is -2.01. The Morgan fingerprint density at radius 3 is 2.59 bits per heavy atom. The minimum absolute atomic E-state index is 0.113. The number of aromatic nitrogens is 2. The molecule has 3 rings (SSSR count). The molecule has 0 atom stereocenters. The topological polar surface area (TPSA) is 79.3 Å². The average molecular weight is 405 g/mol. The van der Waals surface area contributed by atoms with Crippen LogP contribution in [0.1, 0.15) is 6.42 Å². The second-order valence-corrected chi connectivity index (χ2v) is 6.43. The van der Waals surface area contributed by atoms with Gasteiger partial charge in [-0.15, -0.1) is 0 Å². The fraction of sp³-hybridized carbons (Fsp3) is 0.158. The van der Waals surface area contributed by atoms with Gasteiger partial charge in [-0.3, -0.25) is 0 Å². The van der Waals surface area contributed by atoms with Crippen LogP contribution in [0.15, 0.2) is 54.7 Å². The van der Waals surface area contributed by atoms with Crippen LogP contribution < -0.4 is 15.4 Å². The van der Waals surface area contributed by atoms with E-state index in [0.29, 0.717) is 40.5 Å². The standard InChI is InChI=1S/C19H18Cl2N4O2/c20-13-2-7-16(21)17(12-13)24-18-8-9-22-19(25-18)23-14-3-5-15(6-4-14)27-11-1-10-26/h2-9,12,26H,1,10-11H2,(H2,22,23,24,25). The molecule has 8 heteroatoms. The van der Waals surface area contributed by atoms with Crippen molar-refractivity contribution in [3.05, 3.63) is 64.8 Å². The van der Waals surface area contributed by atoms with E-state index >= 15 is 0 Å². The number of halogens is 2. The smallest absolute Gasteiger partial charge is 0.229 e. The number of hydrogen-bond acceptors (Lipinski definition) is 6. The van der Waals surface area contributed by atoms with Crippen LogP contribution in [0.5, 0.6) is 5.75 Å². The van der Waals surface area contributed by atoms with Gasteiger partial charge in [-0.2, -0.15) is 4.98 Å². The monoisotopic (exact) mass is 404 g/mol. The SMILES string of the molecule is OCCCOc1ccc(Nc2nccc(Nc3cc(Cl)ccc3Cl)n2)cc1. The highest BCUT2D eigenvalue weighted by molar-refractivity contribution is 6.35. The first-order chi connectivity index (χ1) is 13.1. The Hall–Kier alpha value is -2.54. The fourth-order valence-electron chi connectivity index (χ4n) is 2.24. The number of ether oxygens (including phenoxy) is 1. The molecule has 3 N–H and O–H groups in total. The molecule has 1 aromatic heterocycles. The van der Waals surface area contributed by atoms with Gasteiger partial charge in [-0.25, -0.2) is 4.98 Å². The Kier molecular flexibility index (Phi) is 6.70. The van der Waals surface area contributed by atoms with Crippen molar-refractivity contribution >= 4 is 46.3 Å². The second kappa shape index (κ2) is 9.41. The van der Waals surface area contributed by atoms with Gasteiger partial charge in [0.1, 0.15) is 11.6 Å². The van der Waals surface area contributed by atoms with E-state index in [1.54, 1.807) is 30.5 Å². The predicted molar refractivity (Wildman–Crippen MR) is 109 cm³/mol. The van der Waals surface area contributed by atoms with E-state index in [2.05, 4.69) is 20.6 Å². The minimum Gasteiger partial charge on any atom is -0.494 e. The second-order valence-electron chi connectivity index (χ2n) is 5.59. The molecule has 140 valence electrons. The van der Waals surface area contributed by atoms with Crippen LogP contribution in [0.2, 0.25) is 10.0 Å². The normalized spacial score (nSPS) is 10.5. The van der Waals surface area contributed by atoms with Gasteiger partial charge < -0.3 is 20.5 Å². The molecule has 6 nitrogen and oxygen atoms in total. The highest BCUT2D eigenvalue weighted by atomic mass is 35.5. The van der Waals surface area contributed by atoms with Gasteiger partial charge in [0, 0.05) is 29.9 Å². The lowest BCUT2D eigenvalue weighted by molar-refractivity contribution is 0.233. The number of nitrogens with one attached hydrogen (secondary N) is 2. The quantitative estimate of drug-likeness (QED) is 0.456. The number of aliphatic hydroxyl groups is 1. The largest absolute Gasteiger partial charge is 0.494 e. The van der Waals surface area contributed by atoms with Crippen molar-refractivity contribution in [2.45, 2.75) is 6.42 Å². The summed E-state index contributed by atoms with van der Waals surface area (Å²) in [5.74, 6) is 1.76. The summed E-state index contributed by atoms with van der Waals surface area (Å²) in [6.45, 7) is 0.591. The number of anilines is 4. The molecule has 0 aliphatic rings. The molecule has 3 aromatic rings. The molecule has 0 unspecified atom stereocenters. The lowest BCUT2D eigenvalue weighted by Gasteiger charge is -2.10. The molecule has 0 amide bonds. The van der Waals surface area contributed by atoms with Crippen LogP contribution in [0.4, 0.5) is 23.1 Å². The van der Waals surface area contributed by atoms with E-state index in [1.807, 2.05) is 24.3 Å². The number of nitrogens with zero attached hydrogens (tertiary/aromatic N) is 2. The molecule has 0 saturated heterocycles. The third kappa shape index (κ3) is 5.72. The first kappa shape index (κ1) is 19.2. The van der Waals surface area contributed by atoms with E-state index < -0.39 is 0 Å². The number of benzene rings is 2. The maximum Gasteiger partial charge on any atom is 0.229 e. The number of rotatable bonds is 8. The Bertz CT molecular complexity index is 891. The molecule has 2 aromatic carbocycles. The Morgan fingerprint density at radius 2 is 1.81 bits per heavy atom. The van der Waals surface area contributed by atoms with Crippen LogP contribution in [0, 0.1) is 0 Å². The molecule has 0 bridgehead atoms. The van der Waals surface area contributed by atoms with E-state index in [4.69, 9.17) is 33.0 Å². The van der Waals surface area contributed by atoms with Crippen molar-refractivity contribution in [1.82, 2.24) is 9.97 Å². The summed E-state index contributed by atoms with van der Waals surface area (Å²) < 4.78 is 5.51. The first-order valence-electron chi connectivity index (χ1n) is 8.30. The molecular formula is C19H18Cl2N4O2. The summed E-state index contributed by atoms with van der Waals surface area (Å²) in [5, 5.41) is 16.2. The molecule has 0 radical (unpaired) electrons. The van der Waals surface area contributed by atoms with E-state index in [-0.39, 0.29) is 6.61 Å². The van der Waals surface area contributed by atoms with Gasteiger partial charge in [0.15, 0.2) is 0 Å². The van der Waals surface area contributed by atoms with Crippen molar-refractivity contribution in [1.29, 1.82) is 0 Å². The zero-order chi connectivity index (χ0) is 19.1. The van der Waals surface area contributed by atoms with Crippen LogP contribution in [-0.4, -0.2) is 28.3 Å². The molecule has 0 aliphatic heterocycles. The van der Waals surface area contributed by atoms with Crippen LogP contribution in [0.3, 0.4) is 0 Å². The van der Waals surface area contributed by atoms with Crippen molar-refractivity contribution in [3.8, 4) is 5.75 Å². The highest BCUT2D eigenvalue weighted by Crippen LogP contribution is 2.28. The highest BCUT2D eigenvalue weighted by Gasteiger charge is 2.05. The molecule has 1 heterocycles. The number of aliphatic hydroxyl groups excluding tert-OH is 1. The van der Waals surface area contributed by atoms with Gasteiger partial charge in [0.2, 0.25) is 5.95 Å². The van der Waals surface area contributed by atoms with Gasteiger partial charge in [0.25, 0.3) is 0 Å². The van der Waals surface area contributed by atoms with Crippen LogP contribution in [-0.2, 0) is 0 Å². The van der Waals surface area contributed by atoms with Gasteiger partial charge in [-0.05, 0) is 48.5 Å². The Balaban J connectivity index is 1.66. The molecule has 0 spiro atoms. The first-order valence-corrected chi connectivity index (χ1v) is 9.05. The predicted octanol–water partition coefficient (Wildman–Crippen LogP) is 5.03. The average Bonchev–Trinajstić information content (AvgIpc) is 2.67. The molecule has 0 aliphatic carbocycles. The maximum absolute atomic E-state index is 8.77. The maximum atomic E-state index is 8.77. The summed E-state index contributed by atoms with van der Waals surface area (Å²) in [4.78, 5) is 8.64. The molecular weight excluding hydrogens is 387 g/mol. The number of hydrogen-bond donors (Lipinski definition) is 3. The summed E-state index contributed by atoms with van der Waals surface area (Å²) in [5.41, 5.74) is 1.49. The minimum atomic E-state index is 0.113. The van der Waals surface area contributed by atoms with Crippen molar-refractivity contribution in [2.24, 2.45) is 0 Å². The molecule has 0 fully saturated rings. The third-order valence-electron chi connectivity index (χ3n) is 3.53. The lowest BCUT2D eigenvalue weighted by atomic mass is 10.3. The zero-order valence-corrected chi connectivity index (χ0v) is 15.8. The zero-order valence-electron chi connectivity index (χ0n) is 14.3. The van der Waals surface area contributed by atoms with Crippen molar-refractivity contribution in [3.63, 3.8) is 0 Å². The fourth-order valence-corrected chi connectivity index (χ4v) is 2.57. The van der Waals surface area contributed by atoms with Gasteiger partial charge >= 0.3 is 0 Å². The van der Waals surface area contributed by atoms with E-state index in [1.165, 1.54) is 0 Å². The van der Waals surface area contributed by atoms with Crippen LogP contribution >= 0.6 is 23.2 Å². The summed E-state index contributed by atoms with van der Waals surface area (Å²) in [7, 11) is 0. The molecule has 0 saturated carbocycles. The van der Waals surface area contributed by atoms with Crippen molar-refractivity contribution < 1.29 is 9.84 Å². The van der Waals surface area contributed by atoms with E-state index in [9.17, 15) is 0 Å². The van der Waals surface area contributed by atoms with Gasteiger partial charge in [0.05, 0.1) is 17.3 Å². The molecule has 27 heavy (non-hydrogen) atoms. The van der Waals surface area contributed by atoms with E-state index in [0.717, 1.165) is 11.4 Å². The van der Waals surface area contributed by atoms with Crippen molar-refractivity contribution in [2.75, 3.05) is 23.8 Å². The Morgan fingerprint density at radius 1 is 1.00 bits per heavy atom. The Labute approximate surface area is 167 Å². The third-order valence-corrected chi connectivity index (χ3v) is 4.09. The summed E-state index contributed by atoms with van der Waals surface area (Å²) in [6.07, 6.45) is 2.24. The van der Waals surface area contributed by atoms with Crippen LogP contribution in [0.25, 0.3) is 0 Å². The van der Waals surface area contributed by atoms with Gasteiger partial charge in [-0.1, -0.05) is 23.2 Å². The summed E-state index contributed by atoms with van der Waals surface area (Å²) >= 11 is 12.2. The summed E-state index contributed by atoms with van der Waals surface area (Å²) in [6, 6.07) is 14.3.